The summed E-state index contributed by atoms with van der Waals surface area (Å²) in [7, 11) is 0. The molecular weight excluding hydrogens is 342 g/mol. The Morgan fingerprint density at radius 1 is 1.04 bits per heavy atom. The highest BCUT2D eigenvalue weighted by molar-refractivity contribution is 7.14. The molecule has 0 radical (unpaired) electrons. The highest BCUT2D eigenvalue weighted by Gasteiger charge is 2.21. The van der Waals surface area contributed by atoms with Crippen LogP contribution in [-0.4, -0.2) is 10.9 Å². The minimum Gasteiger partial charge on any atom is -0.332 e. The molecule has 0 saturated heterocycles. The first-order valence-electron chi connectivity index (χ1n) is 8.52. The van der Waals surface area contributed by atoms with E-state index >= 15 is 0 Å². The fourth-order valence-corrected chi connectivity index (χ4v) is 3.12. The van der Waals surface area contributed by atoms with Crippen molar-refractivity contribution >= 4 is 33.8 Å². The van der Waals surface area contributed by atoms with Crippen molar-refractivity contribution in [2.24, 2.45) is 5.41 Å². The number of carbonyl (C=O) groups is 1. The third kappa shape index (κ3) is 4.49. The lowest BCUT2D eigenvalue weighted by molar-refractivity contribution is -0.123. The van der Waals surface area contributed by atoms with Crippen LogP contribution in [0, 0.1) is 12.3 Å². The first-order chi connectivity index (χ1) is 12.3. The summed E-state index contributed by atoms with van der Waals surface area (Å²) in [5.74, 6) is -0.00488. The second-order valence-corrected chi connectivity index (χ2v) is 8.18. The Bertz CT molecular complexity index is 925. The van der Waals surface area contributed by atoms with Crippen LogP contribution in [0.4, 0.5) is 16.5 Å². The molecule has 2 aromatic carbocycles. The van der Waals surface area contributed by atoms with Gasteiger partial charge in [-0.1, -0.05) is 45.0 Å². The summed E-state index contributed by atoms with van der Waals surface area (Å²) in [5, 5.41) is 9.16. The van der Waals surface area contributed by atoms with Crippen LogP contribution in [0.15, 0.2) is 53.9 Å². The Labute approximate surface area is 158 Å². The van der Waals surface area contributed by atoms with Gasteiger partial charge in [0.25, 0.3) is 0 Å². The minimum absolute atomic E-state index is 0.00488. The van der Waals surface area contributed by atoms with Gasteiger partial charge in [-0.05, 0) is 36.8 Å². The minimum atomic E-state index is -0.429. The van der Waals surface area contributed by atoms with E-state index in [9.17, 15) is 4.79 Å². The Hall–Kier alpha value is -2.66. The van der Waals surface area contributed by atoms with E-state index in [2.05, 4.69) is 34.7 Å². The summed E-state index contributed by atoms with van der Waals surface area (Å²) < 4.78 is 0. The normalized spacial score (nSPS) is 11.2. The molecule has 0 spiro atoms. The molecule has 2 N–H and O–H groups in total. The van der Waals surface area contributed by atoms with Gasteiger partial charge in [0.2, 0.25) is 5.91 Å². The van der Waals surface area contributed by atoms with Crippen molar-refractivity contribution in [3.8, 4) is 11.3 Å². The van der Waals surface area contributed by atoms with Crippen molar-refractivity contribution < 1.29 is 4.79 Å². The maximum atomic E-state index is 12.2. The van der Waals surface area contributed by atoms with Crippen LogP contribution < -0.4 is 10.6 Å². The van der Waals surface area contributed by atoms with Gasteiger partial charge in [-0.25, -0.2) is 4.98 Å². The summed E-state index contributed by atoms with van der Waals surface area (Å²) in [6.07, 6.45) is 0. The molecule has 134 valence electrons. The number of carbonyl (C=O) groups excluding carboxylic acids is 1. The highest BCUT2D eigenvalue weighted by atomic mass is 32.1. The van der Waals surface area contributed by atoms with Gasteiger partial charge < -0.3 is 10.6 Å². The Morgan fingerprint density at radius 3 is 2.50 bits per heavy atom. The number of nitrogens with zero attached hydrogens (tertiary/aromatic N) is 1. The first kappa shape index (κ1) is 18.1. The third-order valence-corrected chi connectivity index (χ3v) is 4.63. The molecular formula is C21H23N3OS. The molecule has 0 unspecified atom stereocenters. The highest BCUT2D eigenvalue weighted by Crippen LogP contribution is 2.29. The predicted molar refractivity (Wildman–Crippen MR) is 110 cm³/mol. The fourth-order valence-electron chi connectivity index (χ4n) is 2.38. The number of thiazole rings is 1. The van der Waals surface area contributed by atoms with E-state index in [4.69, 9.17) is 0 Å². The van der Waals surface area contributed by atoms with E-state index in [0.717, 1.165) is 27.8 Å². The first-order valence-corrected chi connectivity index (χ1v) is 9.40. The second-order valence-electron chi connectivity index (χ2n) is 7.32. The van der Waals surface area contributed by atoms with E-state index in [1.54, 1.807) is 11.3 Å². The average Bonchev–Trinajstić information content (AvgIpc) is 3.03. The monoisotopic (exact) mass is 365 g/mol. The number of amides is 1. The topological polar surface area (TPSA) is 54.0 Å². The number of benzene rings is 2. The van der Waals surface area contributed by atoms with Gasteiger partial charge in [-0.2, -0.15) is 0 Å². The Morgan fingerprint density at radius 2 is 1.77 bits per heavy atom. The zero-order valence-corrected chi connectivity index (χ0v) is 16.3. The number of anilines is 3. The van der Waals surface area contributed by atoms with Crippen LogP contribution in [0.3, 0.4) is 0 Å². The molecule has 0 fully saturated rings. The van der Waals surface area contributed by atoms with Gasteiger partial charge >= 0.3 is 0 Å². The summed E-state index contributed by atoms with van der Waals surface area (Å²) in [5.41, 5.74) is 4.44. The van der Waals surface area contributed by atoms with Crippen LogP contribution in [0.5, 0.6) is 0 Å². The van der Waals surface area contributed by atoms with Crippen molar-refractivity contribution in [1.29, 1.82) is 0 Å². The zero-order chi connectivity index (χ0) is 18.7. The molecule has 4 nitrogen and oxygen atoms in total. The van der Waals surface area contributed by atoms with Crippen molar-refractivity contribution in [1.82, 2.24) is 4.98 Å². The van der Waals surface area contributed by atoms with Gasteiger partial charge in [0.05, 0.1) is 5.69 Å². The molecule has 3 aromatic rings. The lowest BCUT2D eigenvalue weighted by Gasteiger charge is -2.17. The Kier molecular flexibility index (Phi) is 5.09. The van der Waals surface area contributed by atoms with E-state index in [1.807, 2.05) is 62.5 Å². The van der Waals surface area contributed by atoms with Gasteiger partial charge in [-0.3, -0.25) is 4.79 Å². The van der Waals surface area contributed by atoms with E-state index in [0.29, 0.717) is 0 Å². The molecule has 0 bridgehead atoms. The molecule has 0 saturated carbocycles. The molecule has 0 atom stereocenters. The van der Waals surface area contributed by atoms with Crippen LogP contribution in [-0.2, 0) is 4.79 Å². The number of nitrogens with one attached hydrogen (secondary N) is 2. The predicted octanol–water partition coefficient (Wildman–Crippen LogP) is 5.85. The molecule has 1 heterocycles. The molecule has 26 heavy (non-hydrogen) atoms. The SMILES string of the molecule is Cc1cccc(Nc2nc(-c3cccc(NC(=O)C(C)(C)C)c3)cs2)c1. The van der Waals surface area contributed by atoms with Gasteiger partial charge in [0.15, 0.2) is 5.13 Å². The zero-order valence-electron chi connectivity index (χ0n) is 15.5. The number of hydrogen-bond donors (Lipinski definition) is 2. The van der Waals surface area contributed by atoms with Crippen molar-refractivity contribution in [2.45, 2.75) is 27.7 Å². The van der Waals surface area contributed by atoms with Crippen LogP contribution in [0.25, 0.3) is 11.3 Å². The average molecular weight is 366 g/mol. The van der Waals surface area contributed by atoms with Crippen molar-refractivity contribution in [2.75, 3.05) is 10.6 Å². The summed E-state index contributed by atoms with van der Waals surface area (Å²) in [4.78, 5) is 16.9. The van der Waals surface area contributed by atoms with Gasteiger partial charge in [-0.15, -0.1) is 11.3 Å². The molecule has 5 heteroatoms. The number of rotatable bonds is 4. The van der Waals surface area contributed by atoms with E-state index < -0.39 is 5.41 Å². The molecule has 0 aliphatic heterocycles. The lowest BCUT2D eigenvalue weighted by atomic mass is 9.95. The number of aryl methyl sites for hydroxylation is 1. The number of aromatic nitrogens is 1. The lowest BCUT2D eigenvalue weighted by Crippen LogP contribution is -2.27. The van der Waals surface area contributed by atoms with Gasteiger partial charge in [0, 0.05) is 27.7 Å². The fraction of sp³-hybridized carbons (Fsp3) is 0.238. The standard InChI is InChI=1S/C21H23N3OS/c1-14-7-5-9-16(11-14)23-20-24-18(13-26-20)15-8-6-10-17(12-15)22-19(25)21(2,3)4/h5-13H,1-4H3,(H,22,25)(H,23,24). The molecule has 1 aromatic heterocycles. The van der Waals surface area contributed by atoms with E-state index in [1.165, 1.54) is 5.56 Å². The molecule has 3 rings (SSSR count). The van der Waals surface area contributed by atoms with Crippen molar-refractivity contribution in [3.05, 3.63) is 59.5 Å². The second kappa shape index (κ2) is 7.30. The van der Waals surface area contributed by atoms with Crippen molar-refractivity contribution in [3.63, 3.8) is 0 Å². The molecule has 1 amide bonds. The van der Waals surface area contributed by atoms with Crippen LogP contribution in [0.2, 0.25) is 0 Å². The quantitative estimate of drug-likeness (QED) is 0.610. The summed E-state index contributed by atoms with van der Waals surface area (Å²) in [6, 6.07) is 16.0. The largest absolute Gasteiger partial charge is 0.332 e. The van der Waals surface area contributed by atoms with Crippen LogP contribution in [0.1, 0.15) is 26.3 Å². The maximum absolute atomic E-state index is 12.2. The third-order valence-electron chi connectivity index (χ3n) is 3.87. The maximum Gasteiger partial charge on any atom is 0.229 e. The van der Waals surface area contributed by atoms with Crippen LogP contribution >= 0.6 is 11.3 Å². The Balaban J connectivity index is 1.77. The number of hydrogen-bond acceptors (Lipinski definition) is 4. The van der Waals surface area contributed by atoms with E-state index in [-0.39, 0.29) is 5.91 Å². The van der Waals surface area contributed by atoms with Gasteiger partial charge in [0.1, 0.15) is 0 Å². The summed E-state index contributed by atoms with van der Waals surface area (Å²) in [6.45, 7) is 7.76. The smallest absolute Gasteiger partial charge is 0.229 e. The molecule has 0 aliphatic rings. The summed E-state index contributed by atoms with van der Waals surface area (Å²) >= 11 is 1.56. The molecule has 0 aliphatic carbocycles.